The third-order valence-electron chi connectivity index (χ3n) is 1.41. The first-order valence-electron chi connectivity index (χ1n) is 3.66. The van der Waals surface area contributed by atoms with Crippen LogP contribution >= 0.6 is 11.3 Å². The fourth-order valence-electron chi connectivity index (χ4n) is 0.939. The van der Waals surface area contributed by atoms with E-state index in [0.29, 0.717) is 16.5 Å². The van der Waals surface area contributed by atoms with Crippen LogP contribution in [-0.2, 0) is 4.79 Å². The highest BCUT2D eigenvalue weighted by molar-refractivity contribution is 7.12. The van der Waals surface area contributed by atoms with Crippen LogP contribution in [0.25, 0.3) is 0 Å². The first-order valence-corrected chi connectivity index (χ1v) is 4.54. The summed E-state index contributed by atoms with van der Waals surface area (Å²) in [6, 6.07) is 0. The molecule has 5 heteroatoms. The number of carbonyl (C=O) groups is 1. The Kier molecular flexibility index (Phi) is 3.13. The number of methoxy groups -OCH3 is 2. The molecule has 4 nitrogen and oxygen atoms in total. The molecule has 0 atom stereocenters. The molecule has 1 N–H and O–H groups in total. The molecular weight excluding hydrogens is 190 g/mol. The first kappa shape index (κ1) is 9.85. The van der Waals surface area contributed by atoms with Gasteiger partial charge >= 0.3 is 0 Å². The Balaban J connectivity index is 2.93. The summed E-state index contributed by atoms with van der Waals surface area (Å²) in [5.74, 6) is 0.446. The van der Waals surface area contributed by atoms with Crippen LogP contribution in [0.1, 0.15) is 6.92 Å². The standard InChI is InChI=1S/C8H11NO3S/c1-5(10)9-6-4-13-8(12-3)7(6)11-2/h4H,1-3H3,(H,9,10). The summed E-state index contributed by atoms with van der Waals surface area (Å²) in [4.78, 5) is 10.8. The van der Waals surface area contributed by atoms with Crippen LogP contribution in [0.15, 0.2) is 5.38 Å². The number of rotatable bonds is 3. The zero-order valence-corrected chi connectivity index (χ0v) is 8.53. The lowest BCUT2D eigenvalue weighted by molar-refractivity contribution is -0.114. The lowest BCUT2D eigenvalue weighted by Gasteiger charge is -2.04. The average Bonchev–Trinajstić information content (AvgIpc) is 2.45. The maximum absolute atomic E-state index is 10.8. The summed E-state index contributed by atoms with van der Waals surface area (Å²) >= 11 is 1.38. The molecule has 1 amide bonds. The lowest BCUT2D eigenvalue weighted by Crippen LogP contribution is -2.05. The molecule has 0 aliphatic rings. The molecule has 0 spiro atoms. The van der Waals surface area contributed by atoms with Crippen molar-refractivity contribution in [3.8, 4) is 10.8 Å². The van der Waals surface area contributed by atoms with Crippen molar-refractivity contribution in [2.75, 3.05) is 19.5 Å². The highest BCUT2D eigenvalue weighted by atomic mass is 32.1. The number of carbonyl (C=O) groups excluding carboxylic acids is 1. The summed E-state index contributed by atoms with van der Waals surface area (Å²) in [5.41, 5.74) is 0.650. The molecule has 0 radical (unpaired) electrons. The minimum Gasteiger partial charge on any atom is -0.490 e. The first-order chi connectivity index (χ1) is 6.19. The summed E-state index contributed by atoms with van der Waals surface area (Å²) in [6.07, 6.45) is 0. The van der Waals surface area contributed by atoms with Crippen LogP contribution in [0.5, 0.6) is 10.8 Å². The smallest absolute Gasteiger partial charge is 0.221 e. The third-order valence-corrected chi connectivity index (χ3v) is 2.33. The molecule has 0 saturated carbocycles. The van der Waals surface area contributed by atoms with Crippen molar-refractivity contribution in [3.05, 3.63) is 5.38 Å². The van der Waals surface area contributed by atoms with Gasteiger partial charge in [-0.1, -0.05) is 0 Å². The van der Waals surface area contributed by atoms with Crippen LogP contribution in [0.3, 0.4) is 0 Å². The van der Waals surface area contributed by atoms with Crippen molar-refractivity contribution in [2.45, 2.75) is 6.92 Å². The SMILES string of the molecule is COc1scc(NC(C)=O)c1OC. The van der Waals surface area contributed by atoms with Crippen LogP contribution in [0.4, 0.5) is 5.69 Å². The van der Waals surface area contributed by atoms with Gasteiger partial charge < -0.3 is 14.8 Å². The van der Waals surface area contributed by atoms with Gasteiger partial charge in [0.15, 0.2) is 5.75 Å². The Morgan fingerprint density at radius 2 is 2.15 bits per heavy atom. The van der Waals surface area contributed by atoms with Crippen molar-refractivity contribution in [3.63, 3.8) is 0 Å². The van der Waals surface area contributed by atoms with Gasteiger partial charge in [0.25, 0.3) is 0 Å². The van der Waals surface area contributed by atoms with E-state index in [1.807, 2.05) is 0 Å². The fourth-order valence-corrected chi connectivity index (χ4v) is 1.73. The third kappa shape index (κ3) is 2.12. The predicted molar refractivity (Wildman–Crippen MR) is 51.7 cm³/mol. The van der Waals surface area contributed by atoms with E-state index in [4.69, 9.17) is 9.47 Å². The largest absolute Gasteiger partial charge is 0.490 e. The molecule has 0 fully saturated rings. The van der Waals surface area contributed by atoms with Gasteiger partial charge in [-0.3, -0.25) is 4.79 Å². The number of thiophene rings is 1. The summed E-state index contributed by atoms with van der Waals surface area (Å²) in [7, 11) is 3.10. The minimum atomic E-state index is -0.126. The van der Waals surface area contributed by atoms with Gasteiger partial charge in [0.05, 0.1) is 19.9 Å². The summed E-state index contributed by atoms with van der Waals surface area (Å²) in [6.45, 7) is 1.45. The number of anilines is 1. The molecule has 1 aromatic heterocycles. The molecule has 1 rings (SSSR count). The van der Waals surface area contributed by atoms with Gasteiger partial charge in [-0.05, 0) is 0 Å². The van der Waals surface area contributed by atoms with E-state index in [1.165, 1.54) is 25.4 Å². The maximum Gasteiger partial charge on any atom is 0.221 e. The zero-order valence-electron chi connectivity index (χ0n) is 7.71. The number of hydrogen-bond donors (Lipinski definition) is 1. The van der Waals surface area contributed by atoms with Crippen LogP contribution in [0, 0.1) is 0 Å². The van der Waals surface area contributed by atoms with Crippen molar-refractivity contribution >= 4 is 22.9 Å². The van der Waals surface area contributed by atoms with E-state index in [1.54, 1.807) is 12.5 Å². The molecular formula is C8H11NO3S. The number of hydrogen-bond acceptors (Lipinski definition) is 4. The molecule has 0 aliphatic carbocycles. The normalized spacial score (nSPS) is 9.46. The highest BCUT2D eigenvalue weighted by Gasteiger charge is 2.13. The second-order valence-corrected chi connectivity index (χ2v) is 3.20. The Morgan fingerprint density at radius 1 is 1.46 bits per heavy atom. The van der Waals surface area contributed by atoms with Gasteiger partial charge in [0.1, 0.15) is 0 Å². The maximum atomic E-state index is 10.8. The van der Waals surface area contributed by atoms with Crippen LogP contribution < -0.4 is 14.8 Å². The van der Waals surface area contributed by atoms with E-state index in [-0.39, 0.29) is 5.91 Å². The quantitative estimate of drug-likeness (QED) is 0.810. The predicted octanol–water partition coefficient (Wildman–Crippen LogP) is 1.72. The molecule has 0 saturated heterocycles. The Labute approximate surface area is 80.5 Å². The zero-order chi connectivity index (χ0) is 9.84. The molecule has 0 bridgehead atoms. The van der Waals surface area contributed by atoms with Crippen molar-refractivity contribution in [1.82, 2.24) is 0 Å². The fraction of sp³-hybridized carbons (Fsp3) is 0.375. The van der Waals surface area contributed by atoms with E-state index in [2.05, 4.69) is 5.32 Å². The Bertz CT molecular complexity index is 308. The van der Waals surface area contributed by atoms with Crippen LogP contribution in [0.2, 0.25) is 0 Å². The molecule has 13 heavy (non-hydrogen) atoms. The lowest BCUT2D eigenvalue weighted by atomic mass is 10.4. The van der Waals surface area contributed by atoms with Gasteiger partial charge in [-0.15, -0.1) is 11.3 Å². The number of nitrogens with one attached hydrogen (secondary N) is 1. The molecule has 0 unspecified atom stereocenters. The van der Waals surface area contributed by atoms with E-state index < -0.39 is 0 Å². The highest BCUT2D eigenvalue weighted by Crippen LogP contribution is 2.41. The second-order valence-electron chi connectivity index (χ2n) is 2.36. The van der Waals surface area contributed by atoms with Gasteiger partial charge in [0, 0.05) is 12.3 Å². The molecule has 0 aromatic carbocycles. The van der Waals surface area contributed by atoms with E-state index >= 15 is 0 Å². The van der Waals surface area contributed by atoms with E-state index in [0.717, 1.165) is 0 Å². The van der Waals surface area contributed by atoms with Crippen molar-refractivity contribution in [1.29, 1.82) is 0 Å². The van der Waals surface area contributed by atoms with E-state index in [9.17, 15) is 4.79 Å². The Hall–Kier alpha value is -1.23. The second kappa shape index (κ2) is 4.13. The minimum absolute atomic E-state index is 0.126. The van der Waals surface area contributed by atoms with Crippen LogP contribution in [-0.4, -0.2) is 20.1 Å². The topological polar surface area (TPSA) is 47.6 Å². The number of ether oxygens (including phenoxy) is 2. The molecule has 1 heterocycles. The van der Waals surface area contributed by atoms with Gasteiger partial charge in [0.2, 0.25) is 11.0 Å². The number of amides is 1. The Morgan fingerprint density at radius 3 is 2.62 bits per heavy atom. The van der Waals surface area contributed by atoms with Crippen molar-refractivity contribution in [2.24, 2.45) is 0 Å². The average molecular weight is 201 g/mol. The summed E-state index contributed by atoms with van der Waals surface area (Å²) in [5, 5.41) is 5.08. The monoisotopic (exact) mass is 201 g/mol. The van der Waals surface area contributed by atoms with Gasteiger partial charge in [-0.25, -0.2) is 0 Å². The summed E-state index contributed by atoms with van der Waals surface area (Å²) < 4.78 is 10.1. The van der Waals surface area contributed by atoms with Gasteiger partial charge in [-0.2, -0.15) is 0 Å². The molecule has 0 aliphatic heterocycles. The molecule has 1 aromatic rings. The molecule has 72 valence electrons. The van der Waals surface area contributed by atoms with Crippen molar-refractivity contribution < 1.29 is 14.3 Å².